The summed E-state index contributed by atoms with van der Waals surface area (Å²) in [7, 11) is 0. The fraction of sp³-hybridized carbons (Fsp3) is 1.00. The molecule has 2 nitrogen and oxygen atoms in total. The molecular formula is C14H29NO. The Morgan fingerprint density at radius 2 is 2.00 bits per heavy atom. The lowest BCUT2D eigenvalue weighted by atomic mass is 9.88. The minimum Gasteiger partial charge on any atom is -0.395 e. The molecule has 16 heavy (non-hydrogen) atoms. The largest absolute Gasteiger partial charge is 0.395 e. The van der Waals surface area contributed by atoms with E-state index in [4.69, 9.17) is 0 Å². The van der Waals surface area contributed by atoms with E-state index in [2.05, 4.69) is 33.0 Å². The molecule has 0 bridgehead atoms. The van der Waals surface area contributed by atoms with Crippen LogP contribution in [0.2, 0.25) is 0 Å². The predicted octanol–water partition coefficient (Wildman–Crippen LogP) is 2.95. The van der Waals surface area contributed by atoms with Gasteiger partial charge in [0.25, 0.3) is 0 Å². The smallest absolute Gasteiger partial charge is 0.0584 e. The van der Waals surface area contributed by atoms with Crippen LogP contribution in [0, 0.1) is 11.3 Å². The van der Waals surface area contributed by atoms with Crippen LogP contribution in [0.3, 0.4) is 0 Å². The molecule has 1 rings (SSSR count). The molecule has 0 spiro atoms. The van der Waals surface area contributed by atoms with E-state index >= 15 is 0 Å². The Hall–Kier alpha value is -0.0800. The lowest BCUT2D eigenvalue weighted by Crippen LogP contribution is -2.41. The molecule has 0 aromatic heterocycles. The van der Waals surface area contributed by atoms with Crippen molar-refractivity contribution in [2.75, 3.05) is 6.61 Å². The Morgan fingerprint density at radius 1 is 1.31 bits per heavy atom. The molecule has 3 atom stereocenters. The molecular weight excluding hydrogens is 198 g/mol. The second kappa shape index (κ2) is 6.02. The van der Waals surface area contributed by atoms with Gasteiger partial charge in [-0.15, -0.1) is 0 Å². The van der Waals surface area contributed by atoms with Gasteiger partial charge in [0.2, 0.25) is 0 Å². The third-order valence-corrected chi connectivity index (χ3v) is 3.67. The third-order valence-electron chi connectivity index (χ3n) is 3.67. The lowest BCUT2D eigenvalue weighted by Gasteiger charge is -2.28. The van der Waals surface area contributed by atoms with Crippen molar-refractivity contribution >= 4 is 0 Å². The summed E-state index contributed by atoms with van der Waals surface area (Å²) in [6.07, 6.45) is 6.32. The lowest BCUT2D eigenvalue weighted by molar-refractivity contribution is 0.187. The summed E-state index contributed by atoms with van der Waals surface area (Å²) in [5.41, 5.74) is 0.295. The van der Waals surface area contributed by atoms with Gasteiger partial charge < -0.3 is 10.4 Å². The Morgan fingerprint density at radius 3 is 2.44 bits per heavy atom. The van der Waals surface area contributed by atoms with Crippen LogP contribution in [0.5, 0.6) is 0 Å². The zero-order valence-corrected chi connectivity index (χ0v) is 11.4. The first-order valence-electron chi connectivity index (χ1n) is 6.81. The standard InChI is InChI=1S/C14H29NO/c1-5-11-6-7-12(8-11)15-13(10-16)9-14(2,3)4/h11-13,15-16H,5-10H2,1-4H3. The summed E-state index contributed by atoms with van der Waals surface area (Å²) in [6.45, 7) is 9.26. The Balaban J connectivity index is 2.34. The molecule has 0 aliphatic heterocycles. The van der Waals surface area contributed by atoms with Crippen molar-refractivity contribution < 1.29 is 5.11 Å². The summed E-state index contributed by atoms with van der Waals surface area (Å²) < 4.78 is 0. The molecule has 0 amide bonds. The summed E-state index contributed by atoms with van der Waals surface area (Å²) in [4.78, 5) is 0. The van der Waals surface area contributed by atoms with Crippen molar-refractivity contribution in [1.29, 1.82) is 0 Å². The average molecular weight is 227 g/mol. The van der Waals surface area contributed by atoms with E-state index in [-0.39, 0.29) is 12.6 Å². The predicted molar refractivity (Wildman–Crippen MR) is 69.5 cm³/mol. The van der Waals surface area contributed by atoms with Crippen LogP contribution in [0.15, 0.2) is 0 Å². The molecule has 0 heterocycles. The minimum atomic E-state index is 0.268. The molecule has 0 aromatic carbocycles. The van der Waals surface area contributed by atoms with Gasteiger partial charge in [0.05, 0.1) is 6.61 Å². The highest BCUT2D eigenvalue weighted by atomic mass is 16.3. The number of aliphatic hydroxyl groups is 1. The summed E-state index contributed by atoms with van der Waals surface area (Å²) in [5, 5.41) is 13.0. The first-order chi connectivity index (χ1) is 7.44. The molecule has 3 unspecified atom stereocenters. The molecule has 0 radical (unpaired) electrons. The van der Waals surface area contributed by atoms with Gasteiger partial charge >= 0.3 is 0 Å². The highest BCUT2D eigenvalue weighted by molar-refractivity contribution is 4.84. The zero-order valence-electron chi connectivity index (χ0n) is 11.4. The maximum absolute atomic E-state index is 9.41. The highest BCUT2D eigenvalue weighted by Crippen LogP contribution is 2.29. The van der Waals surface area contributed by atoms with Crippen molar-refractivity contribution in [3.63, 3.8) is 0 Å². The Bertz CT molecular complexity index is 197. The van der Waals surface area contributed by atoms with Gasteiger partial charge in [0, 0.05) is 12.1 Å². The fourth-order valence-corrected chi connectivity index (χ4v) is 2.85. The summed E-state index contributed by atoms with van der Waals surface area (Å²) in [6, 6.07) is 0.921. The maximum atomic E-state index is 9.41. The second-order valence-corrected chi connectivity index (χ2v) is 6.60. The highest BCUT2D eigenvalue weighted by Gasteiger charge is 2.26. The average Bonchev–Trinajstić information content (AvgIpc) is 2.62. The molecule has 1 fully saturated rings. The molecule has 1 saturated carbocycles. The first kappa shape index (κ1) is 14.0. The first-order valence-corrected chi connectivity index (χ1v) is 6.81. The number of hydrogen-bond donors (Lipinski definition) is 2. The van der Waals surface area contributed by atoms with Gasteiger partial charge in [0.1, 0.15) is 0 Å². The van der Waals surface area contributed by atoms with E-state index in [0.717, 1.165) is 12.3 Å². The molecule has 2 N–H and O–H groups in total. The van der Waals surface area contributed by atoms with Crippen LogP contribution in [0.4, 0.5) is 0 Å². The molecule has 1 aliphatic rings. The van der Waals surface area contributed by atoms with Crippen molar-refractivity contribution in [1.82, 2.24) is 5.32 Å². The molecule has 0 aromatic rings. The Labute approximate surface area is 101 Å². The number of aliphatic hydroxyl groups excluding tert-OH is 1. The van der Waals surface area contributed by atoms with E-state index in [1.165, 1.54) is 25.7 Å². The van der Waals surface area contributed by atoms with Crippen molar-refractivity contribution in [2.45, 2.75) is 71.9 Å². The number of rotatable bonds is 5. The molecule has 1 aliphatic carbocycles. The fourth-order valence-electron chi connectivity index (χ4n) is 2.85. The summed E-state index contributed by atoms with van der Waals surface area (Å²) >= 11 is 0. The van der Waals surface area contributed by atoms with Crippen LogP contribution in [0.1, 0.15) is 59.8 Å². The number of nitrogens with one attached hydrogen (secondary N) is 1. The van der Waals surface area contributed by atoms with Gasteiger partial charge in [-0.1, -0.05) is 34.1 Å². The van der Waals surface area contributed by atoms with Crippen molar-refractivity contribution in [3.8, 4) is 0 Å². The monoisotopic (exact) mass is 227 g/mol. The van der Waals surface area contributed by atoms with E-state index in [0.29, 0.717) is 11.5 Å². The SMILES string of the molecule is CCC1CCC(NC(CO)CC(C)(C)C)C1. The normalized spacial score (nSPS) is 28.3. The van der Waals surface area contributed by atoms with E-state index in [9.17, 15) is 5.11 Å². The molecule has 0 saturated heterocycles. The summed E-state index contributed by atoms with van der Waals surface area (Å²) in [5.74, 6) is 0.909. The quantitative estimate of drug-likeness (QED) is 0.757. The van der Waals surface area contributed by atoms with Crippen LogP contribution in [-0.4, -0.2) is 23.8 Å². The maximum Gasteiger partial charge on any atom is 0.0584 e. The topological polar surface area (TPSA) is 32.3 Å². The van der Waals surface area contributed by atoms with Crippen LogP contribution in [0.25, 0.3) is 0 Å². The van der Waals surface area contributed by atoms with Crippen LogP contribution < -0.4 is 5.32 Å². The molecule has 2 heteroatoms. The second-order valence-electron chi connectivity index (χ2n) is 6.60. The van der Waals surface area contributed by atoms with Gasteiger partial charge in [-0.3, -0.25) is 0 Å². The zero-order chi connectivity index (χ0) is 12.2. The van der Waals surface area contributed by atoms with Gasteiger partial charge in [0.15, 0.2) is 0 Å². The van der Waals surface area contributed by atoms with Crippen LogP contribution >= 0.6 is 0 Å². The van der Waals surface area contributed by atoms with Crippen molar-refractivity contribution in [2.24, 2.45) is 11.3 Å². The van der Waals surface area contributed by atoms with Gasteiger partial charge in [-0.25, -0.2) is 0 Å². The van der Waals surface area contributed by atoms with E-state index in [1.807, 2.05) is 0 Å². The van der Waals surface area contributed by atoms with Crippen LogP contribution in [-0.2, 0) is 0 Å². The Kier molecular flexibility index (Phi) is 5.26. The van der Waals surface area contributed by atoms with Crippen molar-refractivity contribution in [3.05, 3.63) is 0 Å². The minimum absolute atomic E-state index is 0.268. The van der Waals surface area contributed by atoms with E-state index < -0.39 is 0 Å². The number of hydrogen-bond acceptors (Lipinski definition) is 2. The van der Waals surface area contributed by atoms with Gasteiger partial charge in [-0.2, -0.15) is 0 Å². The third kappa shape index (κ3) is 4.84. The van der Waals surface area contributed by atoms with E-state index in [1.54, 1.807) is 0 Å². The van der Waals surface area contributed by atoms with Gasteiger partial charge in [-0.05, 0) is 37.0 Å². The molecule has 96 valence electrons.